The van der Waals surface area contributed by atoms with Gasteiger partial charge in [0.15, 0.2) is 0 Å². The van der Waals surface area contributed by atoms with Gasteiger partial charge in [0.2, 0.25) is 0 Å². The molecule has 0 aliphatic heterocycles. The number of methoxy groups -OCH3 is 1. The van der Waals surface area contributed by atoms with Gasteiger partial charge in [-0.05, 0) is 51.9 Å². The second-order valence-electron chi connectivity index (χ2n) is 8.55. The quantitative estimate of drug-likeness (QED) is 0.124. The Bertz CT molecular complexity index is 1240. The highest BCUT2D eigenvalue weighted by Crippen LogP contribution is 2.44. The van der Waals surface area contributed by atoms with Gasteiger partial charge < -0.3 is 19.5 Å². The summed E-state index contributed by atoms with van der Waals surface area (Å²) < 4.78 is 16.1. The Morgan fingerprint density at radius 2 is 1.65 bits per heavy atom. The van der Waals surface area contributed by atoms with E-state index in [1.165, 1.54) is 7.11 Å². The van der Waals surface area contributed by atoms with Crippen molar-refractivity contribution in [3.63, 3.8) is 0 Å². The van der Waals surface area contributed by atoms with E-state index in [1.807, 2.05) is 48.5 Å². The lowest BCUT2D eigenvalue weighted by Gasteiger charge is -2.19. The van der Waals surface area contributed by atoms with Crippen molar-refractivity contribution in [3.8, 4) is 16.9 Å². The largest absolute Gasteiger partial charge is 0.494 e. The highest BCUT2D eigenvalue weighted by Gasteiger charge is 2.30. The molecule has 0 spiro atoms. The Labute approximate surface area is 215 Å². The van der Waals surface area contributed by atoms with Gasteiger partial charge in [0.25, 0.3) is 0 Å². The minimum Gasteiger partial charge on any atom is -0.494 e. The number of nitrogens with zero attached hydrogens (tertiary/aromatic N) is 3. The zero-order valence-electron chi connectivity index (χ0n) is 20.5. The summed E-state index contributed by atoms with van der Waals surface area (Å²) in [5.74, 6) is 0.0182. The van der Waals surface area contributed by atoms with E-state index in [4.69, 9.17) is 19.7 Å². The van der Waals surface area contributed by atoms with Gasteiger partial charge in [0, 0.05) is 23.8 Å². The van der Waals surface area contributed by atoms with Crippen LogP contribution in [0.25, 0.3) is 21.6 Å². The van der Waals surface area contributed by atoms with E-state index in [0.717, 1.165) is 27.8 Å². The van der Waals surface area contributed by atoms with Crippen molar-refractivity contribution in [1.82, 2.24) is 5.32 Å². The van der Waals surface area contributed by atoms with Crippen LogP contribution >= 0.6 is 0 Å². The molecule has 1 N–H and O–H groups in total. The molecule has 0 unspecified atom stereocenters. The van der Waals surface area contributed by atoms with Crippen molar-refractivity contribution >= 4 is 12.1 Å². The summed E-state index contributed by atoms with van der Waals surface area (Å²) >= 11 is 0. The van der Waals surface area contributed by atoms with Crippen LogP contribution in [0, 0.1) is 0 Å². The number of carbonyl (C=O) groups excluding carboxylic acids is 2. The van der Waals surface area contributed by atoms with Crippen LogP contribution < -0.4 is 10.1 Å². The average Bonchev–Trinajstić information content (AvgIpc) is 3.25. The van der Waals surface area contributed by atoms with Gasteiger partial charge in [-0.2, -0.15) is 0 Å². The molecule has 1 amide bonds. The van der Waals surface area contributed by atoms with E-state index < -0.39 is 18.1 Å². The molecule has 0 aromatic heterocycles. The monoisotopic (exact) mass is 500 g/mol. The molecule has 1 aliphatic carbocycles. The number of alkyl carbamates (subject to hydrolysis) is 1. The maximum absolute atomic E-state index is 12.7. The topological polar surface area (TPSA) is 123 Å². The molecule has 0 heterocycles. The fourth-order valence-electron chi connectivity index (χ4n) is 4.45. The highest BCUT2D eigenvalue weighted by atomic mass is 16.6. The standard InChI is InChI=1S/C28H28N4O5/c1-35-27(33)26(17-19-11-13-20(14-12-19)36-16-6-15-30-32-29)31-28(34)37-18-25-23-9-4-2-7-21(23)22-8-3-5-10-24(22)25/h2-5,7-14,25-26H,6,15-18H2,1H3,(H,31,34)/t26-/m0/s1. The molecule has 1 atom stereocenters. The number of esters is 1. The van der Waals surface area contributed by atoms with E-state index in [9.17, 15) is 9.59 Å². The Morgan fingerprint density at radius 1 is 1.00 bits per heavy atom. The number of hydrogen-bond donors (Lipinski definition) is 1. The number of benzene rings is 3. The van der Waals surface area contributed by atoms with Crippen LogP contribution in [0.1, 0.15) is 29.0 Å². The van der Waals surface area contributed by atoms with Crippen molar-refractivity contribution in [1.29, 1.82) is 0 Å². The average molecular weight is 501 g/mol. The number of fused-ring (bicyclic) bond motifs is 3. The third-order valence-electron chi connectivity index (χ3n) is 6.22. The fraction of sp³-hybridized carbons (Fsp3) is 0.286. The van der Waals surface area contributed by atoms with E-state index in [0.29, 0.717) is 25.3 Å². The molecule has 0 saturated carbocycles. The predicted octanol–water partition coefficient (Wildman–Crippen LogP) is 5.39. The Hall–Kier alpha value is -4.49. The van der Waals surface area contributed by atoms with E-state index in [-0.39, 0.29) is 18.9 Å². The molecule has 190 valence electrons. The smallest absolute Gasteiger partial charge is 0.407 e. The summed E-state index contributed by atoms with van der Waals surface area (Å²) in [6, 6.07) is 22.5. The molecular formula is C28H28N4O5. The second kappa shape index (κ2) is 12.5. The molecule has 3 aromatic rings. The molecule has 0 bridgehead atoms. The van der Waals surface area contributed by atoms with Crippen LogP contribution in [0.2, 0.25) is 0 Å². The minimum atomic E-state index is -0.906. The van der Waals surface area contributed by atoms with Crippen LogP contribution in [0.4, 0.5) is 4.79 Å². The molecule has 0 saturated heterocycles. The zero-order chi connectivity index (χ0) is 26.0. The first-order valence-electron chi connectivity index (χ1n) is 12.0. The second-order valence-corrected chi connectivity index (χ2v) is 8.55. The third kappa shape index (κ3) is 6.39. The van der Waals surface area contributed by atoms with Crippen molar-refractivity contribution < 1.29 is 23.8 Å². The van der Waals surface area contributed by atoms with Crippen molar-refractivity contribution in [2.45, 2.75) is 24.8 Å². The Morgan fingerprint density at radius 3 is 2.27 bits per heavy atom. The summed E-state index contributed by atoms with van der Waals surface area (Å²) in [5.41, 5.74) is 13.6. The van der Waals surface area contributed by atoms with Crippen molar-refractivity contribution in [2.75, 3.05) is 26.9 Å². The van der Waals surface area contributed by atoms with Crippen molar-refractivity contribution in [3.05, 3.63) is 99.9 Å². The highest BCUT2D eigenvalue weighted by molar-refractivity contribution is 5.82. The van der Waals surface area contributed by atoms with Gasteiger partial charge in [-0.3, -0.25) is 0 Å². The number of ether oxygens (including phenoxy) is 3. The summed E-state index contributed by atoms with van der Waals surface area (Å²) in [6.07, 6.45) is 0.158. The van der Waals surface area contributed by atoms with Crippen molar-refractivity contribution in [2.24, 2.45) is 5.11 Å². The van der Waals surface area contributed by atoms with E-state index in [2.05, 4.69) is 27.5 Å². The summed E-state index contributed by atoms with van der Waals surface area (Å²) in [6.45, 7) is 0.947. The lowest BCUT2D eigenvalue weighted by atomic mass is 9.98. The van der Waals surface area contributed by atoms with Gasteiger partial charge in [-0.1, -0.05) is 65.8 Å². The SMILES string of the molecule is COC(=O)[C@H](Cc1ccc(OCCCN=[N+]=[N-])cc1)NC(=O)OCC1c2ccccc2-c2ccccc21. The number of nitrogens with one attached hydrogen (secondary N) is 1. The summed E-state index contributed by atoms with van der Waals surface area (Å²) in [7, 11) is 1.28. The number of azide groups is 1. The number of amides is 1. The summed E-state index contributed by atoms with van der Waals surface area (Å²) in [4.78, 5) is 27.8. The normalized spacial score (nSPS) is 12.5. The lowest BCUT2D eigenvalue weighted by Crippen LogP contribution is -2.43. The number of carbonyl (C=O) groups is 2. The minimum absolute atomic E-state index is 0.0750. The van der Waals surface area contributed by atoms with Crippen LogP contribution in [0.5, 0.6) is 5.75 Å². The molecule has 37 heavy (non-hydrogen) atoms. The first kappa shape index (κ1) is 25.6. The molecule has 4 rings (SSSR count). The Kier molecular flexibility index (Phi) is 8.62. The first-order chi connectivity index (χ1) is 18.1. The molecular weight excluding hydrogens is 472 g/mol. The number of rotatable bonds is 11. The predicted molar refractivity (Wildman–Crippen MR) is 138 cm³/mol. The van der Waals surface area contributed by atoms with Crippen LogP contribution in [0.3, 0.4) is 0 Å². The van der Waals surface area contributed by atoms with Crippen LogP contribution in [0.15, 0.2) is 77.9 Å². The number of hydrogen-bond acceptors (Lipinski definition) is 6. The van der Waals surface area contributed by atoms with Crippen LogP contribution in [-0.2, 0) is 20.7 Å². The molecule has 0 fully saturated rings. The lowest BCUT2D eigenvalue weighted by molar-refractivity contribution is -0.143. The van der Waals surface area contributed by atoms with Gasteiger partial charge in [0.1, 0.15) is 18.4 Å². The molecule has 1 aliphatic rings. The van der Waals surface area contributed by atoms with Crippen LogP contribution in [-0.4, -0.2) is 45.0 Å². The Balaban J connectivity index is 1.34. The third-order valence-corrected chi connectivity index (χ3v) is 6.22. The fourth-order valence-corrected chi connectivity index (χ4v) is 4.45. The summed E-state index contributed by atoms with van der Waals surface area (Å²) in [5, 5.41) is 6.12. The van der Waals surface area contributed by atoms with Gasteiger partial charge in [0.05, 0.1) is 13.7 Å². The van der Waals surface area contributed by atoms with Gasteiger partial charge in [-0.15, -0.1) is 0 Å². The first-order valence-corrected chi connectivity index (χ1v) is 12.0. The molecule has 9 nitrogen and oxygen atoms in total. The van der Waals surface area contributed by atoms with E-state index >= 15 is 0 Å². The zero-order valence-corrected chi connectivity index (χ0v) is 20.5. The maximum Gasteiger partial charge on any atom is 0.407 e. The molecule has 3 aromatic carbocycles. The van der Waals surface area contributed by atoms with Gasteiger partial charge in [-0.25, -0.2) is 9.59 Å². The molecule has 0 radical (unpaired) electrons. The van der Waals surface area contributed by atoms with E-state index in [1.54, 1.807) is 12.1 Å². The van der Waals surface area contributed by atoms with Gasteiger partial charge >= 0.3 is 12.1 Å². The maximum atomic E-state index is 12.7. The molecule has 9 heteroatoms.